The van der Waals surface area contributed by atoms with E-state index in [2.05, 4.69) is 4.98 Å². The Kier molecular flexibility index (Phi) is 3.70. The van der Waals surface area contributed by atoms with Crippen LogP contribution in [-0.4, -0.2) is 4.98 Å². The molecule has 0 saturated carbocycles. The Morgan fingerprint density at radius 2 is 1.94 bits per heavy atom. The monoisotopic (exact) mass is 247 g/mol. The van der Waals surface area contributed by atoms with E-state index in [0.29, 0.717) is 17.7 Å². The Labute approximate surface area is 105 Å². The minimum absolute atomic E-state index is 0.145. The first kappa shape index (κ1) is 12.7. The van der Waals surface area contributed by atoms with Gasteiger partial charge in [-0.2, -0.15) is 0 Å². The van der Waals surface area contributed by atoms with Crippen LogP contribution in [0, 0.1) is 11.6 Å². The summed E-state index contributed by atoms with van der Waals surface area (Å²) in [6.45, 7) is 3.74. The van der Waals surface area contributed by atoms with Crippen molar-refractivity contribution < 1.29 is 8.78 Å². The summed E-state index contributed by atoms with van der Waals surface area (Å²) < 4.78 is 28.1. The zero-order valence-electron chi connectivity index (χ0n) is 10.5. The zero-order chi connectivity index (χ0) is 13.1. The van der Waals surface area contributed by atoms with Crippen LogP contribution in [0.5, 0.6) is 0 Å². The third-order valence-corrected chi connectivity index (χ3v) is 3.17. The van der Waals surface area contributed by atoms with E-state index < -0.39 is 11.6 Å². The van der Waals surface area contributed by atoms with Gasteiger partial charge in [-0.15, -0.1) is 0 Å². The Hall–Kier alpha value is -1.77. The van der Waals surface area contributed by atoms with Crippen molar-refractivity contribution in [3.05, 3.63) is 53.7 Å². The maximum Gasteiger partial charge on any atom is 0.138 e. The molecular formula is C15H15F2N. The largest absolute Gasteiger partial charge is 0.256 e. The van der Waals surface area contributed by atoms with Crippen molar-refractivity contribution in [2.45, 2.75) is 26.2 Å². The van der Waals surface area contributed by atoms with Crippen LogP contribution in [0.15, 0.2) is 36.5 Å². The molecule has 1 heterocycles. The molecule has 0 amide bonds. The summed E-state index contributed by atoms with van der Waals surface area (Å²) in [6.07, 6.45) is 2.29. The van der Waals surface area contributed by atoms with Crippen molar-refractivity contribution >= 4 is 0 Å². The number of hydrogen-bond acceptors (Lipinski definition) is 1. The van der Waals surface area contributed by atoms with Crippen molar-refractivity contribution in [3.8, 4) is 11.3 Å². The maximum absolute atomic E-state index is 14.4. The second-order valence-electron chi connectivity index (χ2n) is 4.35. The van der Waals surface area contributed by atoms with E-state index in [9.17, 15) is 8.78 Å². The molecule has 18 heavy (non-hydrogen) atoms. The van der Waals surface area contributed by atoms with Crippen molar-refractivity contribution in [1.29, 1.82) is 0 Å². The molecule has 1 nitrogen and oxygen atoms in total. The van der Waals surface area contributed by atoms with Crippen LogP contribution in [-0.2, 0) is 0 Å². The van der Waals surface area contributed by atoms with E-state index in [-0.39, 0.29) is 11.5 Å². The highest BCUT2D eigenvalue weighted by Crippen LogP contribution is 2.31. The highest BCUT2D eigenvalue weighted by atomic mass is 19.1. The van der Waals surface area contributed by atoms with Gasteiger partial charge >= 0.3 is 0 Å². The second kappa shape index (κ2) is 5.25. The summed E-state index contributed by atoms with van der Waals surface area (Å²) >= 11 is 0. The molecule has 0 aliphatic rings. The van der Waals surface area contributed by atoms with Gasteiger partial charge in [-0.25, -0.2) is 8.78 Å². The lowest BCUT2D eigenvalue weighted by Crippen LogP contribution is -2.02. The summed E-state index contributed by atoms with van der Waals surface area (Å²) in [5.74, 6) is -1.13. The molecule has 0 fully saturated rings. The number of halogens is 2. The number of rotatable bonds is 3. The van der Waals surface area contributed by atoms with E-state index >= 15 is 0 Å². The molecule has 0 aliphatic carbocycles. The van der Waals surface area contributed by atoms with Crippen molar-refractivity contribution in [1.82, 2.24) is 4.98 Å². The van der Waals surface area contributed by atoms with E-state index in [0.717, 1.165) is 0 Å². The van der Waals surface area contributed by atoms with E-state index in [4.69, 9.17) is 0 Å². The Morgan fingerprint density at radius 1 is 1.17 bits per heavy atom. The van der Waals surface area contributed by atoms with Crippen LogP contribution in [0.1, 0.15) is 31.7 Å². The molecule has 1 aromatic carbocycles. The van der Waals surface area contributed by atoms with Crippen LogP contribution in [0.2, 0.25) is 0 Å². The van der Waals surface area contributed by atoms with E-state index in [1.54, 1.807) is 24.4 Å². The SMILES string of the molecule is CCC(C)c1c(F)ccc(-c2ccccn2)c1F. The normalized spacial score (nSPS) is 12.4. The van der Waals surface area contributed by atoms with Gasteiger partial charge in [0.15, 0.2) is 0 Å². The van der Waals surface area contributed by atoms with Gasteiger partial charge < -0.3 is 0 Å². The lowest BCUT2D eigenvalue weighted by molar-refractivity contribution is 0.529. The average Bonchev–Trinajstić information content (AvgIpc) is 2.39. The van der Waals surface area contributed by atoms with Gasteiger partial charge in [0.25, 0.3) is 0 Å². The molecule has 0 N–H and O–H groups in total. The third kappa shape index (κ3) is 2.26. The first-order chi connectivity index (χ1) is 8.65. The van der Waals surface area contributed by atoms with Crippen molar-refractivity contribution in [2.75, 3.05) is 0 Å². The van der Waals surface area contributed by atoms with Gasteiger partial charge in [0.1, 0.15) is 11.6 Å². The van der Waals surface area contributed by atoms with Gasteiger partial charge in [-0.1, -0.05) is 19.9 Å². The van der Waals surface area contributed by atoms with Gasteiger partial charge in [-0.05, 0) is 36.6 Å². The van der Waals surface area contributed by atoms with E-state index in [1.165, 1.54) is 12.1 Å². The minimum atomic E-state index is -0.497. The summed E-state index contributed by atoms with van der Waals surface area (Å²) in [7, 11) is 0. The molecule has 94 valence electrons. The Balaban J connectivity index is 2.58. The van der Waals surface area contributed by atoms with Crippen molar-refractivity contribution in [2.24, 2.45) is 0 Å². The number of aromatic nitrogens is 1. The summed E-state index contributed by atoms with van der Waals surface area (Å²) in [5, 5.41) is 0. The predicted octanol–water partition coefficient (Wildman–Crippen LogP) is 4.54. The fourth-order valence-electron chi connectivity index (χ4n) is 1.95. The molecule has 1 unspecified atom stereocenters. The fourth-order valence-corrected chi connectivity index (χ4v) is 1.95. The average molecular weight is 247 g/mol. The summed E-state index contributed by atoms with van der Waals surface area (Å²) in [6, 6.07) is 8.03. The van der Waals surface area contributed by atoms with Crippen LogP contribution in [0.3, 0.4) is 0 Å². The molecule has 2 rings (SSSR count). The number of hydrogen-bond donors (Lipinski definition) is 0. The lowest BCUT2D eigenvalue weighted by Gasteiger charge is -2.14. The quantitative estimate of drug-likeness (QED) is 0.776. The minimum Gasteiger partial charge on any atom is -0.256 e. The molecule has 1 aromatic heterocycles. The highest BCUT2D eigenvalue weighted by Gasteiger charge is 2.19. The highest BCUT2D eigenvalue weighted by molar-refractivity contribution is 5.61. The molecule has 0 bridgehead atoms. The van der Waals surface area contributed by atoms with Crippen LogP contribution >= 0.6 is 0 Å². The second-order valence-corrected chi connectivity index (χ2v) is 4.35. The number of pyridine rings is 1. The van der Waals surface area contributed by atoms with Gasteiger partial charge in [0.2, 0.25) is 0 Å². The van der Waals surface area contributed by atoms with Crippen molar-refractivity contribution in [3.63, 3.8) is 0 Å². The Morgan fingerprint density at radius 3 is 2.56 bits per heavy atom. The molecule has 0 aliphatic heterocycles. The summed E-state index contributed by atoms with van der Waals surface area (Å²) in [5.41, 5.74) is 1.03. The van der Waals surface area contributed by atoms with E-state index in [1.807, 2.05) is 13.8 Å². The smallest absolute Gasteiger partial charge is 0.138 e. The zero-order valence-corrected chi connectivity index (χ0v) is 10.5. The first-order valence-electron chi connectivity index (χ1n) is 6.04. The standard InChI is InChI=1S/C15H15F2N/c1-3-10(2)14-12(16)8-7-11(15(14)17)13-6-4-5-9-18-13/h4-10H,3H2,1-2H3. The van der Waals surface area contributed by atoms with Crippen LogP contribution in [0.25, 0.3) is 11.3 Å². The molecule has 0 radical (unpaired) electrons. The molecule has 0 spiro atoms. The number of benzene rings is 1. The first-order valence-corrected chi connectivity index (χ1v) is 6.04. The third-order valence-electron chi connectivity index (χ3n) is 3.17. The van der Waals surface area contributed by atoms with Crippen LogP contribution < -0.4 is 0 Å². The van der Waals surface area contributed by atoms with Crippen LogP contribution in [0.4, 0.5) is 8.78 Å². The molecule has 2 aromatic rings. The van der Waals surface area contributed by atoms with Gasteiger partial charge in [0, 0.05) is 17.3 Å². The molecule has 1 atom stereocenters. The van der Waals surface area contributed by atoms with Gasteiger partial charge in [0.05, 0.1) is 5.69 Å². The maximum atomic E-state index is 14.4. The number of nitrogens with zero attached hydrogens (tertiary/aromatic N) is 1. The van der Waals surface area contributed by atoms with Gasteiger partial charge in [-0.3, -0.25) is 4.98 Å². The molecule has 0 saturated heterocycles. The Bertz CT molecular complexity index is 538. The molecular weight excluding hydrogens is 232 g/mol. The fraction of sp³-hybridized carbons (Fsp3) is 0.267. The summed E-state index contributed by atoms with van der Waals surface area (Å²) in [4.78, 5) is 4.10. The molecule has 3 heteroatoms. The topological polar surface area (TPSA) is 12.9 Å². The predicted molar refractivity (Wildman–Crippen MR) is 68.3 cm³/mol. The lowest BCUT2D eigenvalue weighted by atomic mass is 9.94.